The largest absolute Gasteiger partial charge is 0.436 e. The van der Waals surface area contributed by atoms with Crippen LogP contribution in [0.15, 0.2) is 0 Å². The SMILES string of the molecule is CO[SiH](C)[SiH2]CCCCC[SiH2][Si](C)(C)O. The molecule has 6 heteroatoms. The molecule has 0 amide bonds. The molecular weight excluding hydrogens is 252 g/mol. The van der Waals surface area contributed by atoms with E-state index in [0.717, 1.165) is 0 Å². The van der Waals surface area contributed by atoms with E-state index in [1.54, 1.807) is 0 Å². The monoisotopic (exact) mass is 280 g/mol. The summed E-state index contributed by atoms with van der Waals surface area (Å²) >= 11 is 0. The third-order valence-electron chi connectivity index (χ3n) is 2.80. The van der Waals surface area contributed by atoms with Crippen molar-refractivity contribution in [3.05, 3.63) is 0 Å². The van der Waals surface area contributed by atoms with Crippen LogP contribution in [-0.4, -0.2) is 46.4 Å². The van der Waals surface area contributed by atoms with E-state index in [0.29, 0.717) is 0 Å². The summed E-state index contributed by atoms with van der Waals surface area (Å²) in [4.78, 5) is 9.72. The minimum Gasteiger partial charge on any atom is -0.436 e. The van der Waals surface area contributed by atoms with Crippen LogP contribution < -0.4 is 0 Å². The molecule has 92 valence electrons. The topological polar surface area (TPSA) is 29.5 Å². The summed E-state index contributed by atoms with van der Waals surface area (Å²) in [6, 6.07) is 2.86. The van der Waals surface area contributed by atoms with Crippen LogP contribution in [0.25, 0.3) is 0 Å². The van der Waals surface area contributed by atoms with Gasteiger partial charge in [-0.1, -0.05) is 37.9 Å². The smallest absolute Gasteiger partial charge is 0.162 e. The van der Waals surface area contributed by atoms with Gasteiger partial charge >= 0.3 is 0 Å². The molecule has 0 aromatic carbocycles. The summed E-state index contributed by atoms with van der Waals surface area (Å²) in [5.74, 6) is 0. The van der Waals surface area contributed by atoms with Crippen molar-refractivity contribution < 1.29 is 9.22 Å². The molecule has 0 saturated heterocycles. The molecule has 0 aromatic heterocycles. The van der Waals surface area contributed by atoms with Gasteiger partial charge in [0.25, 0.3) is 0 Å². The van der Waals surface area contributed by atoms with Gasteiger partial charge in [0, 0.05) is 25.2 Å². The molecule has 0 radical (unpaired) electrons. The molecule has 0 spiro atoms. The third-order valence-corrected chi connectivity index (χ3v) is 16.8. The van der Waals surface area contributed by atoms with E-state index in [9.17, 15) is 4.80 Å². The quantitative estimate of drug-likeness (QED) is 0.493. The number of rotatable bonds is 9. The highest BCUT2D eigenvalue weighted by molar-refractivity contribution is 7.19. The Hall–Kier alpha value is 0.788. The lowest BCUT2D eigenvalue weighted by atomic mass is 10.3. The van der Waals surface area contributed by atoms with Crippen molar-refractivity contribution in [3.8, 4) is 0 Å². The fraction of sp³-hybridized carbons (Fsp3) is 1.00. The van der Waals surface area contributed by atoms with Crippen LogP contribution >= 0.6 is 0 Å². The summed E-state index contributed by atoms with van der Waals surface area (Å²) in [5, 5.41) is 0. The van der Waals surface area contributed by atoms with Gasteiger partial charge in [0.2, 0.25) is 0 Å². The fourth-order valence-corrected chi connectivity index (χ4v) is 11.2. The second-order valence-electron chi connectivity index (χ2n) is 5.17. The van der Waals surface area contributed by atoms with Gasteiger partial charge < -0.3 is 9.22 Å². The molecule has 1 atom stereocenters. The summed E-state index contributed by atoms with van der Waals surface area (Å²) < 4.78 is 5.40. The zero-order valence-electron chi connectivity index (χ0n) is 10.9. The predicted octanol–water partition coefficient (Wildman–Crippen LogP) is 0.522. The molecule has 15 heavy (non-hydrogen) atoms. The van der Waals surface area contributed by atoms with Crippen LogP contribution in [0.4, 0.5) is 0 Å². The van der Waals surface area contributed by atoms with Crippen molar-refractivity contribution in [1.82, 2.24) is 0 Å². The third kappa shape index (κ3) is 12.7. The van der Waals surface area contributed by atoms with Crippen LogP contribution in [0.3, 0.4) is 0 Å². The van der Waals surface area contributed by atoms with E-state index >= 15 is 0 Å². The summed E-state index contributed by atoms with van der Waals surface area (Å²) in [6.07, 6.45) is 4.20. The fourth-order valence-electron chi connectivity index (χ4n) is 1.64. The standard InChI is InChI=1S/C9H28O2Si4/c1-11-14(2)12-8-6-5-7-9-13-15(3,4)10/h10,14H,5-9,12-13H2,1-4H3. The van der Waals surface area contributed by atoms with Crippen molar-refractivity contribution in [2.24, 2.45) is 0 Å². The molecule has 0 rings (SSSR count). The minimum atomic E-state index is -1.61. The Balaban J connectivity index is 3.12. The van der Waals surface area contributed by atoms with Gasteiger partial charge in [-0.25, -0.2) is 0 Å². The molecule has 0 bridgehead atoms. The van der Waals surface area contributed by atoms with Gasteiger partial charge in [-0.3, -0.25) is 0 Å². The van der Waals surface area contributed by atoms with Gasteiger partial charge in [-0.15, -0.1) is 0 Å². The highest BCUT2D eigenvalue weighted by Crippen LogP contribution is 2.06. The number of unbranched alkanes of at least 4 members (excludes halogenated alkanes) is 2. The number of hydrogen-bond acceptors (Lipinski definition) is 2. The Bertz CT molecular complexity index is 150. The molecule has 2 nitrogen and oxygen atoms in total. The van der Waals surface area contributed by atoms with E-state index in [4.69, 9.17) is 4.43 Å². The molecule has 0 aliphatic rings. The molecule has 0 saturated carbocycles. The highest BCUT2D eigenvalue weighted by Gasteiger charge is 2.15. The van der Waals surface area contributed by atoms with Gasteiger partial charge in [0.15, 0.2) is 16.4 Å². The molecule has 0 fully saturated rings. The van der Waals surface area contributed by atoms with Gasteiger partial charge in [-0.2, -0.15) is 0 Å². The van der Waals surface area contributed by atoms with E-state index in [2.05, 4.69) is 19.6 Å². The maximum absolute atomic E-state index is 9.72. The highest BCUT2D eigenvalue weighted by atomic mass is 29.2. The minimum absolute atomic E-state index is 0.115. The van der Waals surface area contributed by atoms with Gasteiger partial charge in [-0.05, 0) is 13.1 Å². The number of hydrogen-bond donors (Lipinski definition) is 1. The second-order valence-corrected chi connectivity index (χ2v) is 25.2. The Kier molecular flexibility index (Phi) is 9.35. The first-order valence-electron chi connectivity index (χ1n) is 6.21. The van der Waals surface area contributed by atoms with Crippen molar-refractivity contribution in [3.63, 3.8) is 0 Å². The zero-order valence-corrected chi connectivity index (χ0v) is 15.9. The van der Waals surface area contributed by atoms with Crippen LogP contribution in [-0.2, 0) is 4.43 Å². The second kappa shape index (κ2) is 8.88. The van der Waals surface area contributed by atoms with Crippen molar-refractivity contribution in [1.29, 1.82) is 0 Å². The molecular formula is C9H28O2Si4. The summed E-state index contributed by atoms with van der Waals surface area (Å²) in [6.45, 7) is 6.52. The first kappa shape index (κ1) is 15.8. The van der Waals surface area contributed by atoms with Crippen LogP contribution in [0, 0.1) is 0 Å². The first-order valence-corrected chi connectivity index (χ1v) is 18.4. The lowest BCUT2D eigenvalue weighted by molar-refractivity contribution is 0.439. The van der Waals surface area contributed by atoms with Crippen LogP contribution in [0.1, 0.15) is 19.3 Å². The van der Waals surface area contributed by atoms with Gasteiger partial charge in [0.05, 0.1) is 0 Å². The predicted molar refractivity (Wildman–Crippen MR) is 80.3 cm³/mol. The molecule has 0 aromatic rings. The Morgan fingerprint density at radius 1 is 1.20 bits per heavy atom. The Morgan fingerprint density at radius 3 is 2.33 bits per heavy atom. The van der Waals surface area contributed by atoms with Crippen LogP contribution in [0.5, 0.6) is 0 Å². The lowest BCUT2D eigenvalue weighted by Crippen LogP contribution is -2.33. The summed E-state index contributed by atoms with van der Waals surface area (Å²) in [7, 11) is -0.343. The first-order chi connectivity index (χ1) is 6.95. The van der Waals surface area contributed by atoms with Crippen molar-refractivity contribution in [2.75, 3.05) is 7.11 Å². The van der Waals surface area contributed by atoms with Crippen molar-refractivity contribution in [2.45, 2.75) is 51.0 Å². The Morgan fingerprint density at radius 2 is 1.80 bits per heavy atom. The summed E-state index contributed by atoms with van der Waals surface area (Å²) in [5.41, 5.74) is 0. The molecule has 1 N–H and O–H groups in total. The maximum Gasteiger partial charge on any atom is 0.162 e. The molecule has 0 heterocycles. The van der Waals surface area contributed by atoms with E-state index in [1.807, 2.05) is 7.11 Å². The van der Waals surface area contributed by atoms with Crippen molar-refractivity contribution >= 4 is 34.5 Å². The van der Waals surface area contributed by atoms with E-state index in [-0.39, 0.29) is 18.1 Å². The maximum atomic E-state index is 9.72. The average Bonchev–Trinajstić information content (AvgIpc) is 2.14. The van der Waals surface area contributed by atoms with Gasteiger partial charge in [0.1, 0.15) is 0 Å². The Labute approximate surface area is 102 Å². The van der Waals surface area contributed by atoms with E-state index < -0.39 is 16.4 Å². The normalized spacial score (nSPS) is 15.8. The average molecular weight is 281 g/mol. The lowest BCUT2D eigenvalue weighted by Gasteiger charge is -2.12. The van der Waals surface area contributed by atoms with Crippen LogP contribution in [0.2, 0.25) is 31.7 Å². The molecule has 0 aliphatic carbocycles. The molecule has 1 unspecified atom stereocenters. The zero-order chi connectivity index (χ0) is 11.7. The van der Waals surface area contributed by atoms with E-state index in [1.165, 1.54) is 31.4 Å². The molecule has 0 aliphatic heterocycles.